The van der Waals surface area contributed by atoms with Gasteiger partial charge in [-0.1, -0.05) is 26.0 Å². The molecule has 112 valence electrons. The molecule has 1 N–H and O–H groups in total. The second kappa shape index (κ2) is 6.24. The fourth-order valence-corrected chi connectivity index (χ4v) is 4.21. The van der Waals surface area contributed by atoms with Gasteiger partial charge >= 0.3 is 0 Å². The van der Waals surface area contributed by atoms with Gasteiger partial charge in [-0.2, -0.15) is 4.31 Å². The highest BCUT2D eigenvalue weighted by molar-refractivity contribution is 7.89. The van der Waals surface area contributed by atoms with Crippen molar-refractivity contribution in [3.05, 3.63) is 29.8 Å². The Balaban J connectivity index is 2.21. The quantitative estimate of drug-likeness (QED) is 0.923. The monoisotopic (exact) mass is 296 g/mol. The Morgan fingerprint density at radius 1 is 1.30 bits per heavy atom. The largest absolute Gasteiger partial charge is 0.314 e. The third-order valence-corrected chi connectivity index (χ3v) is 5.64. The first-order valence-corrected chi connectivity index (χ1v) is 8.67. The first-order chi connectivity index (χ1) is 9.41. The van der Waals surface area contributed by atoms with E-state index in [4.69, 9.17) is 0 Å². The molecule has 2 rings (SSSR count). The summed E-state index contributed by atoms with van der Waals surface area (Å²) in [7, 11) is -3.36. The summed E-state index contributed by atoms with van der Waals surface area (Å²) < 4.78 is 26.9. The molecule has 0 aliphatic carbocycles. The topological polar surface area (TPSA) is 49.4 Å². The summed E-state index contributed by atoms with van der Waals surface area (Å²) in [5, 5.41) is 3.21. The molecular weight excluding hydrogens is 272 g/mol. The lowest BCUT2D eigenvalue weighted by atomic mass is 10.0. The summed E-state index contributed by atoms with van der Waals surface area (Å²) >= 11 is 0. The van der Waals surface area contributed by atoms with Gasteiger partial charge in [0.05, 0.1) is 4.90 Å². The van der Waals surface area contributed by atoms with Crippen molar-refractivity contribution in [2.75, 3.05) is 19.6 Å². The molecule has 1 unspecified atom stereocenters. The standard InChI is InChI=1S/C15H24N2O2S/c1-12(2)10-14-4-6-15(7-5-14)20(18,19)17-9-8-16-11-13(17)3/h4-7,12-13,16H,8-11H2,1-3H3. The zero-order valence-corrected chi connectivity index (χ0v) is 13.3. The van der Waals surface area contributed by atoms with Crippen LogP contribution < -0.4 is 5.32 Å². The van der Waals surface area contributed by atoms with Gasteiger partial charge in [-0.15, -0.1) is 0 Å². The molecule has 1 aromatic carbocycles. The van der Waals surface area contributed by atoms with E-state index in [1.807, 2.05) is 19.1 Å². The van der Waals surface area contributed by atoms with Crippen molar-refractivity contribution in [3.63, 3.8) is 0 Å². The van der Waals surface area contributed by atoms with E-state index in [0.717, 1.165) is 13.0 Å². The number of sulfonamides is 1. The van der Waals surface area contributed by atoms with Gasteiger partial charge in [0.15, 0.2) is 0 Å². The number of nitrogens with one attached hydrogen (secondary N) is 1. The third-order valence-electron chi connectivity index (χ3n) is 3.61. The van der Waals surface area contributed by atoms with Crippen molar-refractivity contribution < 1.29 is 8.42 Å². The molecule has 5 heteroatoms. The molecule has 1 heterocycles. The Labute approximate surface area is 122 Å². The van der Waals surface area contributed by atoms with E-state index in [-0.39, 0.29) is 6.04 Å². The highest BCUT2D eigenvalue weighted by Crippen LogP contribution is 2.20. The molecule has 1 fully saturated rings. The fraction of sp³-hybridized carbons (Fsp3) is 0.600. The van der Waals surface area contributed by atoms with E-state index in [1.165, 1.54) is 5.56 Å². The van der Waals surface area contributed by atoms with Crippen molar-refractivity contribution >= 4 is 10.0 Å². The van der Waals surface area contributed by atoms with Crippen LogP contribution >= 0.6 is 0 Å². The van der Waals surface area contributed by atoms with E-state index < -0.39 is 10.0 Å². The first-order valence-electron chi connectivity index (χ1n) is 7.23. The van der Waals surface area contributed by atoms with Crippen LogP contribution in [0, 0.1) is 5.92 Å². The number of benzene rings is 1. The van der Waals surface area contributed by atoms with Crippen LogP contribution in [0.25, 0.3) is 0 Å². The lowest BCUT2D eigenvalue weighted by Gasteiger charge is -2.32. The number of piperazine rings is 1. The lowest BCUT2D eigenvalue weighted by molar-refractivity contribution is 0.284. The predicted molar refractivity (Wildman–Crippen MR) is 81.2 cm³/mol. The maximum absolute atomic E-state index is 12.6. The van der Waals surface area contributed by atoms with Crippen LogP contribution in [-0.2, 0) is 16.4 Å². The second-order valence-electron chi connectivity index (χ2n) is 5.91. The Kier molecular flexibility index (Phi) is 4.83. The van der Waals surface area contributed by atoms with Crippen molar-refractivity contribution in [2.24, 2.45) is 5.92 Å². The van der Waals surface area contributed by atoms with Gasteiger partial charge in [-0.3, -0.25) is 0 Å². The van der Waals surface area contributed by atoms with E-state index >= 15 is 0 Å². The minimum absolute atomic E-state index is 0.00379. The SMILES string of the molecule is CC(C)Cc1ccc(S(=O)(=O)N2CCNCC2C)cc1. The Bertz CT molecular complexity index is 537. The van der Waals surface area contributed by atoms with Crippen molar-refractivity contribution in [3.8, 4) is 0 Å². The smallest absolute Gasteiger partial charge is 0.243 e. The highest BCUT2D eigenvalue weighted by atomic mass is 32.2. The number of hydrogen-bond acceptors (Lipinski definition) is 3. The molecule has 1 aromatic rings. The first kappa shape index (κ1) is 15.5. The molecular formula is C15H24N2O2S. The summed E-state index contributed by atoms with van der Waals surface area (Å²) in [4.78, 5) is 0.402. The van der Waals surface area contributed by atoms with Gasteiger partial charge in [0, 0.05) is 25.7 Å². The molecule has 0 bridgehead atoms. The minimum atomic E-state index is -3.36. The van der Waals surface area contributed by atoms with Crippen LogP contribution in [0.1, 0.15) is 26.3 Å². The van der Waals surface area contributed by atoms with E-state index in [1.54, 1.807) is 16.4 Å². The van der Waals surface area contributed by atoms with E-state index in [2.05, 4.69) is 19.2 Å². The van der Waals surface area contributed by atoms with Gasteiger partial charge in [-0.05, 0) is 37.0 Å². The van der Waals surface area contributed by atoms with E-state index in [9.17, 15) is 8.42 Å². The van der Waals surface area contributed by atoms with E-state index in [0.29, 0.717) is 23.9 Å². The predicted octanol–water partition coefficient (Wildman–Crippen LogP) is 1.87. The van der Waals surface area contributed by atoms with Crippen LogP contribution in [0.2, 0.25) is 0 Å². The molecule has 0 saturated carbocycles. The normalized spacial score (nSPS) is 21.3. The molecule has 0 radical (unpaired) electrons. The molecule has 20 heavy (non-hydrogen) atoms. The number of nitrogens with zero attached hydrogens (tertiary/aromatic N) is 1. The molecule has 0 aromatic heterocycles. The summed E-state index contributed by atoms with van der Waals surface area (Å²) in [6.45, 7) is 8.23. The molecule has 1 atom stereocenters. The van der Waals surface area contributed by atoms with Gasteiger partial charge in [0.25, 0.3) is 0 Å². The fourth-order valence-electron chi connectivity index (χ4n) is 2.58. The van der Waals surface area contributed by atoms with Gasteiger partial charge in [0.1, 0.15) is 0 Å². The van der Waals surface area contributed by atoms with Crippen molar-refractivity contribution in [2.45, 2.75) is 38.1 Å². The zero-order valence-electron chi connectivity index (χ0n) is 12.5. The number of rotatable bonds is 4. The summed E-state index contributed by atoms with van der Waals surface area (Å²) in [6, 6.07) is 7.34. The summed E-state index contributed by atoms with van der Waals surface area (Å²) in [5.41, 5.74) is 1.19. The third kappa shape index (κ3) is 3.40. The maximum atomic E-state index is 12.6. The van der Waals surface area contributed by atoms with Crippen molar-refractivity contribution in [1.82, 2.24) is 9.62 Å². The molecule has 0 spiro atoms. The molecule has 0 amide bonds. The molecule has 4 nitrogen and oxygen atoms in total. The molecule has 1 aliphatic heterocycles. The zero-order chi connectivity index (χ0) is 14.8. The summed E-state index contributed by atoms with van der Waals surface area (Å²) in [5.74, 6) is 0.575. The average molecular weight is 296 g/mol. The summed E-state index contributed by atoms with van der Waals surface area (Å²) in [6.07, 6.45) is 0.977. The average Bonchev–Trinajstić information content (AvgIpc) is 2.39. The molecule has 1 saturated heterocycles. The Morgan fingerprint density at radius 2 is 1.95 bits per heavy atom. The highest BCUT2D eigenvalue weighted by Gasteiger charge is 2.30. The van der Waals surface area contributed by atoms with Gasteiger partial charge in [-0.25, -0.2) is 8.42 Å². The lowest BCUT2D eigenvalue weighted by Crippen LogP contribution is -2.52. The second-order valence-corrected chi connectivity index (χ2v) is 7.80. The van der Waals surface area contributed by atoms with Crippen LogP contribution in [-0.4, -0.2) is 38.4 Å². The maximum Gasteiger partial charge on any atom is 0.243 e. The van der Waals surface area contributed by atoms with Crippen LogP contribution in [0.4, 0.5) is 0 Å². The Hall–Kier alpha value is -0.910. The van der Waals surface area contributed by atoms with Crippen LogP contribution in [0.5, 0.6) is 0 Å². The van der Waals surface area contributed by atoms with Crippen LogP contribution in [0.3, 0.4) is 0 Å². The van der Waals surface area contributed by atoms with Gasteiger partial charge in [0.2, 0.25) is 10.0 Å². The Morgan fingerprint density at radius 3 is 2.50 bits per heavy atom. The minimum Gasteiger partial charge on any atom is -0.314 e. The van der Waals surface area contributed by atoms with Crippen LogP contribution in [0.15, 0.2) is 29.2 Å². The van der Waals surface area contributed by atoms with Crippen molar-refractivity contribution in [1.29, 1.82) is 0 Å². The number of hydrogen-bond donors (Lipinski definition) is 1. The van der Waals surface area contributed by atoms with Gasteiger partial charge < -0.3 is 5.32 Å². The molecule has 1 aliphatic rings.